The number of benzene rings is 1. The van der Waals surface area contributed by atoms with E-state index in [9.17, 15) is 10.1 Å². The maximum absolute atomic E-state index is 13.1. The van der Waals surface area contributed by atoms with Crippen LogP contribution in [0.2, 0.25) is 0 Å². The quantitative estimate of drug-likeness (QED) is 0.419. The maximum Gasteiger partial charge on any atom is 0.494 e. The number of carbonyl (C=O) groups excluding carboxylic acids is 1. The number of rotatable bonds is 6. The van der Waals surface area contributed by atoms with Crippen LogP contribution in [-0.2, 0) is 14.7 Å². The number of nitrogens with one attached hydrogen (secondary N) is 1. The highest BCUT2D eigenvalue weighted by Gasteiger charge is 2.52. The van der Waals surface area contributed by atoms with Gasteiger partial charge in [-0.05, 0) is 102 Å². The number of anilines is 1. The second kappa shape index (κ2) is 9.58. The third kappa shape index (κ3) is 5.34. The molecule has 1 aliphatic heterocycles. The number of aromatic nitrogens is 2. The van der Waals surface area contributed by atoms with Crippen LogP contribution < -0.4 is 10.8 Å². The largest absolute Gasteiger partial charge is 0.494 e. The summed E-state index contributed by atoms with van der Waals surface area (Å²) >= 11 is 0. The molecule has 0 spiro atoms. The molecule has 7 nitrogen and oxygen atoms in total. The van der Waals surface area contributed by atoms with Crippen molar-refractivity contribution in [3.8, 4) is 17.2 Å². The van der Waals surface area contributed by atoms with Gasteiger partial charge in [-0.2, -0.15) is 5.26 Å². The molecule has 2 aliphatic rings. The lowest BCUT2D eigenvalue weighted by Gasteiger charge is -2.32. The van der Waals surface area contributed by atoms with Gasteiger partial charge >= 0.3 is 7.12 Å². The Morgan fingerprint density at radius 2 is 1.77 bits per heavy atom. The van der Waals surface area contributed by atoms with Crippen LogP contribution in [0.3, 0.4) is 0 Å². The van der Waals surface area contributed by atoms with Crippen LogP contribution in [0.5, 0.6) is 0 Å². The van der Waals surface area contributed by atoms with E-state index in [1.165, 1.54) is 18.4 Å². The maximum atomic E-state index is 13.1. The van der Waals surface area contributed by atoms with Crippen molar-refractivity contribution >= 4 is 24.2 Å². The van der Waals surface area contributed by atoms with Crippen LogP contribution in [0.25, 0.3) is 11.1 Å². The lowest BCUT2D eigenvalue weighted by Crippen LogP contribution is -2.41. The number of hydrogen-bond donors (Lipinski definition) is 1. The average Bonchev–Trinajstić information content (AvgIpc) is 3.71. The van der Waals surface area contributed by atoms with Crippen molar-refractivity contribution < 1.29 is 14.1 Å². The highest BCUT2D eigenvalue weighted by molar-refractivity contribution is 6.62. The Morgan fingerprint density at radius 1 is 1.08 bits per heavy atom. The van der Waals surface area contributed by atoms with Crippen molar-refractivity contribution in [2.45, 2.75) is 83.8 Å². The molecule has 8 heteroatoms. The van der Waals surface area contributed by atoms with Gasteiger partial charge in [0.2, 0.25) is 0 Å². The molecule has 5 rings (SSSR count). The van der Waals surface area contributed by atoms with Gasteiger partial charge in [-0.15, -0.1) is 0 Å². The fourth-order valence-electron chi connectivity index (χ4n) is 4.67. The Kier molecular flexibility index (Phi) is 6.65. The first-order chi connectivity index (χ1) is 18.3. The SMILES string of the molecule is Cc1ncc(NC(=O)c2ccnc(C(C)(C)C#N)c2)cc1-c1cc(B2OC(C)(C)C(C)(C)O2)cc(C2CC2)c1. The summed E-state index contributed by atoms with van der Waals surface area (Å²) in [6.07, 6.45) is 5.58. The number of nitrogens with zero attached hydrogens (tertiary/aromatic N) is 3. The topological polar surface area (TPSA) is 97.1 Å². The van der Waals surface area contributed by atoms with Crippen molar-refractivity contribution in [1.82, 2.24) is 9.97 Å². The van der Waals surface area contributed by atoms with Crippen molar-refractivity contribution in [1.29, 1.82) is 5.26 Å². The van der Waals surface area contributed by atoms with E-state index >= 15 is 0 Å². The molecule has 2 aromatic heterocycles. The highest BCUT2D eigenvalue weighted by Crippen LogP contribution is 2.42. The molecule has 0 atom stereocenters. The van der Waals surface area contributed by atoms with Gasteiger partial charge in [-0.1, -0.05) is 18.2 Å². The van der Waals surface area contributed by atoms with Gasteiger partial charge in [0.15, 0.2) is 0 Å². The summed E-state index contributed by atoms with van der Waals surface area (Å²) in [7, 11) is -0.456. The van der Waals surface area contributed by atoms with Crippen molar-refractivity contribution in [2.24, 2.45) is 0 Å². The number of amides is 1. The van der Waals surface area contributed by atoms with Crippen molar-refractivity contribution in [2.75, 3.05) is 5.32 Å². The Balaban J connectivity index is 1.46. The number of carbonyl (C=O) groups is 1. The van der Waals surface area contributed by atoms with E-state index in [0.717, 1.165) is 22.3 Å². The Morgan fingerprint density at radius 3 is 2.41 bits per heavy atom. The molecular formula is C31H35BN4O3. The first-order valence-electron chi connectivity index (χ1n) is 13.5. The first kappa shape index (κ1) is 27.0. The van der Waals surface area contributed by atoms with E-state index in [-0.39, 0.29) is 5.91 Å². The molecule has 2 fully saturated rings. The molecule has 200 valence electrons. The summed E-state index contributed by atoms with van der Waals surface area (Å²) in [5, 5.41) is 12.4. The molecule has 1 N–H and O–H groups in total. The van der Waals surface area contributed by atoms with Crippen LogP contribution >= 0.6 is 0 Å². The normalized spacial score (nSPS) is 18.1. The lowest BCUT2D eigenvalue weighted by atomic mass is 9.76. The zero-order chi connectivity index (χ0) is 28.2. The van der Waals surface area contributed by atoms with E-state index in [4.69, 9.17) is 9.31 Å². The molecule has 1 saturated carbocycles. The molecular weight excluding hydrogens is 487 g/mol. The van der Waals surface area contributed by atoms with Crippen LogP contribution in [0.1, 0.15) is 87.6 Å². The van der Waals surface area contributed by atoms with Gasteiger partial charge in [-0.3, -0.25) is 14.8 Å². The minimum absolute atomic E-state index is 0.284. The molecule has 1 aromatic carbocycles. The zero-order valence-corrected chi connectivity index (χ0v) is 23.8. The molecule has 1 saturated heterocycles. The standard InChI is InChI=1S/C31H35BN4O3/c1-19-26(16-25(17-35-19)36-28(37)21-10-11-34-27(15-21)29(2,3)18-33)23-12-22(20-8-9-20)13-24(14-23)32-38-30(4,5)31(6,7)39-32/h10-17,20H,8-9H2,1-7H3,(H,36,37). The van der Waals surface area contributed by atoms with Gasteiger partial charge in [-0.25, -0.2) is 0 Å². The molecule has 3 aromatic rings. The summed E-state index contributed by atoms with van der Waals surface area (Å²) in [6, 6.07) is 14.0. The van der Waals surface area contributed by atoms with Gasteiger partial charge in [0.1, 0.15) is 0 Å². The van der Waals surface area contributed by atoms with Gasteiger partial charge in [0.05, 0.1) is 40.3 Å². The molecule has 1 amide bonds. The fraction of sp³-hybridized carbons (Fsp3) is 0.419. The summed E-state index contributed by atoms with van der Waals surface area (Å²) in [6.45, 7) is 13.8. The van der Waals surface area contributed by atoms with Gasteiger partial charge in [0, 0.05) is 23.0 Å². The molecule has 1 aliphatic carbocycles. The number of aryl methyl sites for hydroxylation is 1. The van der Waals surface area contributed by atoms with Crippen LogP contribution in [0.4, 0.5) is 5.69 Å². The van der Waals surface area contributed by atoms with Gasteiger partial charge < -0.3 is 14.6 Å². The van der Waals surface area contributed by atoms with Crippen LogP contribution in [-0.4, -0.2) is 34.2 Å². The second-order valence-electron chi connectivity index (χ2n) is 12.2. The molecule has 0 bridgehead atoms. The number of hydrogen-bond acceptors (Lipinski definition) is 6. The first-order valence-corrected chi connectivity index (χ1v) is 13.5. The number of nitriles is 1. The summed E-state index contributed by atoms with van der Waals surface area (Å²) in [4.78, 5) is 22.0. The average molecular weight is 522 g/mol. The predicted octanol–water partition coefficient (Wildman–Crippen LogP) is 5.68. The van der Waals surface area contributed by atoms with E-state index in [1.54, 1.807) is 38.4 Å². The third-order valence-electron chi connectivity index (χ3n) is 8.15. The zero-order valence-electron chi connectivity index (χ0n) is 23.8. The fourth-order valence-corrected chi connectivity index (χ4v) is 4.67. The highest BCUT2D eigenvalue weighted by atomic mass is 16.7. The van der Waals surface area contributed by atoms with Crippen molar-refractivity contribution in [3.05, 3.63) is 71.3 Å². The van der Waals surface area contributed by atoms with Crippen LogP contribution in [0, 0.1) is 18.3 Å². The van der Waals surface area contributed by atoms with Crippen LogP contribution in [0.15, 0.2) is 48.8 Å². The van der Waals surface area contributed by atoms with E-state index in [0.29, 0.717) is 22.9 Å². The Bertz CT molecular complexity index is 1470. The summed E-state index contributed by atoms with van der Waals surface area (Å²) in [5.74, 6) is 0.259. The predicted molar refractivity (Wildman–Crippen MR) is 153 cm³/mol. The van der Waals surface area contributed by atoms with Gasteiger partial charge in [0.25, 0.3) is 5.91 Å². The monoisotopic (exact) mass is 522 g/mol. The smallest absolute Gasteiger partial charge is 0.399 e. The number of pyridine rings is 2. The summed E-state index contributed by atoms with van der Waals surface area (Å²) < 4.78 is 12.7. The van der Waals surface area contributed by atoms with E-state index < -0.39 is 23.7 Å². The molecule has 3 heterocycles. The van der Waals surface area contributed by atoms with E-state index in [2.05, 4.69) is 67.2 Å². The Labute approximate surface area is 231 Å². The third-order valence-corrected chi connectivity index (χ3v) is 8.15. The minimum atomic E-state index is -0.795. The molecule has 39 heavy (non-hydrogen) atoms. The molecule has 0 unspecified atom stereocenters. The minimum Gasteiger partial charge on any atom is -0.399 e. The second-order valence-corrected chi connectivity index (χ2v) is 12.2. The van der Waals surface area contributed by atoms with Crippen molar-refractivity contribution in [3.63, 3.8) is 0 Å². The summed E-state index contributed by atoms with van der Waals surface area (Å²) in [5.41, 5.74) is 5.01. The molecule has 0 radical (unpaired) electrons. The van der Waals surface area contributed by atoms with E-state index in [1.807, 2.05) is 13.0 Å². The lowest BCUT2D eigenvalue weighted by molar-refractivity contribution is 0.00578. The Hall–Kier alpha value is -3.54.